The zero-order valence-electron chi connectivity index (χ0n) is 25.9. The number of H-pyrrole nitrogens is 1. The summed E-state index contributed by atoms with van der Waals surface area (Å²) in [5, 5.41) is 2.42. The first-order valence-corrected chi connectivity index (χ1v) is 14.6. The van der Waals surface area contributed by atoms with E-state index in [9.17, 15) is 0 Å². The van der Waals surface area contributed by atoms with Crippen molar-refractivity contribution in [1.82, 2.24) is 4.98 Å². The highest BCUT2D eigenvalue weighted by Gasteiger charge is 2.12. The van der Waals surface area contributed by atoms with Gasteiger partial charge in [0.05, 0.1) is 56.4 Å². The highest BCUT2D eigenvalue weighted by molar-refractivity contribution is 7.16. The molecule has 226 valence electrons. The Hall–Kier alpha value is -2.91. The van der Waals surface area contributed by atoms with Gasteiger partial charge in [0.1, 0.15) is 6.61 Å². The first kappa shape index (κ1) is 38.1. The molecule has 1 unspecified atom stereocenters. The van der Waals surface area contributed by atoms with Crippen molar-refractivity contribution in [3.8, 4) is 12.8 Å². The van der Waals surface area contributed by atoms with E-state index in [1.165, 1.54) is 16.3 Å². The van der Waals surface area contributed by atoms with E-state index in [1.54, 1.807) is 14.2 Å². The molecule has 0 fully saturated rings. The van der Waals surface area contributed by atoms with Crippen LogP contribution in [0.15, 0.2) is 43.2 Å². The average Bonchev–Trinajstić information content (AvgIpc) is 3.39. The summed E-state index contributed by atoms with van der Waals surface area (Å²) < 4.78 is 25.8. The van der Waals surface area contributed by atoms with Crippen molar-refractivity contribution in [2.75, 3.05) is 66.6 Å². The smallest absolute Gasteiger partial charge is 0.111 e. The van der Waals surface area contributed by atoms with Gasteiger partial charge in [0.15, 0.2) is 0 Å². The van der Waals surface area contributed by atoms with Crippen LogP contribution in [0.4, 0.5) is 0 Å². The predicted molar refractivity (Wildman–Crippen MR) is 182 cm³/mol. The minimum Gasteiger partial charge on any atom is -0.496 e. The zero-order chi connectivity index (χ0) is 31.0. The molecule has 0 spiro atoms. The number of aromatic amines is 1. The van der Waals surface area contributed by atoms with Crippen LogP contribution >= 0.6 is 9.24 Å². The summed E-state index contributed by atoms with van der Waals surface area (Å²) in [4.78, 5) is 3.61. The lowest BCUT2D eigenvalue weighted by molar-refractivity contribution is 0.0385. The molecule has 0 radical (unpaired) electrons. The highest BCUT2D eigenvalue weighted by Crippen LogP contribution is 2.33. The number of nitrogens with one attached hydrogen (secondary N) is 1. The molecule has 1 atom stereocenters. The van der Waals surface area contributed by atoms with E-state index in [4.69, 9.17) is 23.7 Å². The summed E-state index contributed by atoms with van der Waals surface area (Å²) in [5.41, 5.74) is 6.76. The number of benzene rings is 2. The van der Waals surface area contributed by atoms with Gasteiger partial charge < -0.3 is 28.7 Å². The summed E-state index contributed by atoms with van der Waals surface area (Å²) in [7, 11) is 5.96. The van der Waals surface area contributed by atoms with Crippen LogP contribution in [0.5, 0.6) is 0 Å². The van der Waals surface area contributed by atoms with Crippen LogP contribution in [0.25, 0.3) is 40.0 Å². The Bertz CT molecular complexity index is 1210. The third-order valence-electron chi connectivity index (χ3n) is 5.79. The molecule has 0 aliphatic rings. The monoisotopic (exact) mass is 583 g/mol. The molecule has 0 aliphatic carbocycles. The number of aryl methyl sites for hydroxylation is 1. The van der Waals surface area contributed by atoms with Crippen LogP contribution < -0.4 is 0 Å². The van der Waals surface area contributed by atoms with Crippen LogP contribution in [0.2, 0.25) is 0 Å². The normalized spacial score (nSPS) is 10.5. The fourth-order valence-electron chi connectivity index (χ4n) is 3.89. The maximum Gasteiger partial charge on any atom is 0.111 e. The Balaban J connectivity index is 0.00000104. The van der Waals surface area contributed by atoms with Crippen molar-refractivity contribution in [1.29, 1.82) is 0 Å². The van der Waals surface area contributed by atoms with Gasteiger partial charge >= 0.3 is 0 Å². The van der Waals surface area contributed by atoms with Gasteiger partial charge in [-0.15, -0.1) is 22.1 Å². The molecule has 2 aromatic carbocycles. The van der Waals surface area contributed by atoms with Gasteiger partial charge in [-0.1, -0.05) is 63.4 Å². The maximum absolute atomic E-state index is 5.79. The Labute approximate surface area is 250 Å². The fraction of sp³-hybridized carbons (Fsp3) is 0.412. The summed E-state index contributed by atoms with van der Waals surface area (Å²) in [5.74, 6) is 0.859. The Morgan fingerprint density at radius 2 is 1.34 bits per heavy atom. The first-order valence-electron chi connectivity index (χ1n) is 13.8. The van der Waals surface area contributed by atoms with E-state index in [0.29, 0.717) is 39.6 Å². The lowest BCUT2D eigenvalue weighted by Crippen LogP contribution is -2.06. The number of terminal acetylenes is 1. The number of allylic oxidation sites excluding steroid dienone is 1. The van der Waals surface area contributed by atoms with E-state index >= 15 is 0 Å². The highest BCUT2D eigenvalue weighted by atomic mass is 31.0. The van der Waals surface area contributed by atoms with Gasteiger partial charge in [-0.25, -0.2) is 0 Å². The van der Waals surface area contributed by atoms with Crippen molar-refractivity contribution >= 4 is 49.3 Å². The first-order chi connectivity index (χ1) is 20.0. The topological polar surface area (TPSA) is 61.9 Å². The molecule has 0 bridgehead atoms. The number of hydrogen-bond acceptors (Lipinski definition) is 5. The predicted octanol–water partition coefficient (Wildman–Crippen LogP) is 7.76. The van der Waals surface area contributed by atoms with Crippen molar-refractivity contribution < 1.29 is 23.7 Å². The Morgan fingerprint density at radius 3 is 1.88 bits per heavy atom. The lowest BCUT2D eigenvalue weighted by atomic mass is 10.0. The van der Waals surface area contributed by atoms with Crippen molar-refractivity contribution in [3.05, 3.63) is 65.4 Å². The molecule has 1 heterocycles. The molecule has 0 saturated carbocycles. The van der Waals surface area contributed by atoms with E-state index < -0.39 is 0 Å². The molecule has 3 rings (SSSR count). The zero-order valence-corrected chi connectivity index (χ0v) is 27.0. The third kappa shape index (κ3) is 12.6. The van der Waals surface area contributed by atoms with E-state index in [0.717, 1.165) is 46.3 Å². The molecule has 0 saturated heterocycles. The molecule has 1 N–H and O–H groups in total. The lowest BCUT2D eigenvalue weighted by Gasteiger charge is -2.09. The largest absolute Gasteiger partial charge is 0.496 e. The number of methoxy groups -OCH3 is 2. The number of rotatable bonds is 15. The third-order valence-corrected chi connectivity index (χ3v) is 6.03. The summed E-state index contributed by atoms with van der Waals surface area (Å²) in [6.07, 6.45) is 14.8. The second-order valence-corrected chi connectivity index (χ2v) is 8.91. The van der Waals surface area contributed by atoms with Crippen LogP contribution in [0.3, 0.4) is 0 Å². The SMILES string of the molecule is C#C.C=Cc1ccc2c([nH]c3c(C=C)c(/C=C(\C)OCCOCCP)ccc32)c1C.CC.COCCOCCOC. The molecule has 41 heavy (non-hydrogen) atoms. The van der Waals surface area contributed by atoms with E-state index in [2.05, 4.69) is 77.5 Å². The van der Waals surface area contributed by atoms with E-state index in [-0.39, 0.29) is 0 Å². The second-order valence-electron chi connectivity index (χ2n) is 8.33. The molecule has 0 aliphatic heterocycles. The standard InChI is InChI=1S/C24H28NO2P.C6H14O3.C2H6.C2H2/c1-5-18-7-9-21-22-10-8-19(15-16(3)27-12-11-26-13-14-28)20(6-2)24(22)25-23(21)17(18)4;1-7-3-5-9-6-4-8-2;2*1-2/h5-10,15,25H,1-2,11-14,28H2,3-4H3;3-6H2,1-2H3;1-2H3;1-2H/b16-15+;;;. The van der Waals surface area contributed by atoms with Gasteiger partial charge in [-0.2, -0.15) is 0 Å². The van der Waals surface area contributed by atoms with Gasteiger partial charge in [0.2, 0.25) is 0 Å². The number of aromatic nitrogens is 1. The molecule has 1 aromatic heterocycles. The number of ether oxygens (including phenoxy) is 5. The molecule has 7 heteroatoms. The van der Waals surface area contributed by atoms with Gasteiger partial charge in [0.25, 0.3) is 0 Å². The average molecular weight is 584 g/mol. The fourth-order valence-corrected chi connectivity index (χ4v) is 4.06. The van der Waals surface area contributed by atoms with Crippen molar-refractivity contribution in [2.45, 2.75) is 27.7 Å². The Morgan fingerprint density at radius 1 is 0.805 bits per heavy atom. The molecular formula is C34H50NO5P. The summed E-state index contributed by atoms with van der Waals surface area (Å²) >= 11 is 0. The maximum atomic E-state index is 5.79. The van der Waals surface area contributed by atoms with Crippen LogP contribution in [0.1, 0.15) is 43.0 Å². The molecule has 0 amide bonds. The minimum atomic E-state index is 0.550. The summed E-state index contributed by atoms with van der Waals surface area (Å²) in [6.45, 7) is 20.6. The summed E-state index contributed by atoms with van der Waals surface area (Å²) in [6, 6.07) is 8.57. The van der Waals surface area contributed by atoms with E-state index in [1.807, 2.05) is 32.9 Å². The van der Waals surface area contributed by atoms with Crippen LogP contribution in [-0.4, -0.2) is 71.6 Å². The molecule has 6 nitrogen and oxygen atoms in total. The van der Waals surface area contributed by atoms with Crippen molar-refractivity contribution in [3.63, 3.8) is 0 Å². The van der Waals surface area contributed by atoms with Gasteiger partial charge in [-0.3, -0.25) is 0 Å². The van der Waals surface area contributed by atoms with Gasteiger partial charge in [-0.05, 0) is 42.8 Å². The van der Waals surface area contributed by atoms with Crippen LogP contribution in [-0.2, 0) is 23.7 Å². The Kier molecular flexibility index (Phi) is 22.1. The van der Waals surface area contributed by atoms with Crippen molar-refractivity contribution in [2.24, 2.45) is 0 Å². The quantitative estimate of drug-likeness (QED) is 0.0858. The molecule has 3 aromatic rings. The molecular weight excluding hydrogens is 533 g/mol. The van der Waals surface area contributed by atoms with Gasteiger partial charge in [0, 0.05) is 30.6 Å². The second kappa shape index (κ2) is 23.8. The minimum absolute atomic E-state index is 0.550. The van der Waals surface area contributed by atoms with Crippen LogP contribution in [0, 0.1) is 19.8 Å². The number of hydrogen-bond donors (Lipinski definition) is 1. The number of fused-ring (bicyclic) bond motifs is 3.